The zero-order chi connectivity index (χ0) is 21.5. The van der Waals surface area contributed by atoms with Crippen LogP contribution in [0.4, 0.5) is 0 Å². The predicted molar refractivity (Wildman–Crippen MR) is 135 cm³/mol. The Labute approximate surface area is 189 Å². The number of ketones is 1. The van der Waals surface area contributed by atoms with Crippen LogP contribution in [-0.4, -0.2) is 12.3 Å². The quantitative estimate of drug-likeness (QED) is 0.272. The van der Waals surface area contributed by atoms with E-state index in [1.165, 1.54) is 46.7 Å². The molecule has 0 spiro atoms. The van der Waals surface area contributed by atoms with Crippen molar-refractivity contribution in [3.63, 3.8) is 0 Å². The summed E-state index contributed by atoms with van der Waals surface area (Å²) in [7, 11) is 0. The average Bonchev–Trinajstić information content (AvgIpc) is 2.73. The van der Waals surface area contributed by atoms with Crippen LogP contribution in [0, 0.1) is 6.92 Å². The second-order valence-electron chi connectivity index (χ2n) is 8.75. The normalized spacial score (nSPS) is 11.0. The number of carbonyl (C=O) groups excluding carboxylic acids is 1. The lowest BCUT2D eigenvalue weighted by Gasteiger charge is -2.13. The molecule has 0 saturated carbocycles. The molecule has 0 heterocycles. The smallest absolute Gasteiger partial charge is 0.160 e. The van der Waals surface area contributed by atoms with Crippen LogP contribution < -0.4 is 5.32 Å². The maximum Gasteiger partial charge on any atom is 0.160 e. The van der Waals surface area contributed by atoms with Crippen molar-refractivity contribution < 1.29 is 4.79 Å². The first-order valence-corrected chi connectivity index (χ1v) is 11.3. The third-order valence-corrected chi connectivity index (χ3v) is 5.91. The molecule has 3 rings (SSSR count). The van der Waals surface area contributed by atoms with Crippen LogP contribution in [0.15, 0.2) is 54.6 Å². The summed E-state index contributed by atoms with van der Waals surface area (Å²) in [5.74, 6) is 0.688. The number of nitrogens with one attached hydrogen (secondary N) is 1. The van der Waals surface area contributed by atoms with E-state index in [1.54, 1.807) is 6.92 Å². The van der Waals surface area contributed by atoms with E-state index >= 15 is 0 Å². The van der Waals surface area contributed by atoms with Crippen molar-refractivity contribution in [1.82, 2.24) is 5.32 Å². The van der Waals surface area contributed by atoms with Crippen molar-refractivity contribution in [1.29, 1.82) is 0 Å². The Morgan fingerprint density at radius 2 is 1.71 bits per heavy atom. The van der Waals surface area contributed by atoms with E-state index in [1.807, 2.05) is 19.1 Å². The molecule has 0 fully saturated rings. The standard InChI is InChI=1S/C28H35NO.CH4/c1-20(2)27-17-23(16-25-11-7-8-12-26(25)27)10-6-5-9-15-29-19-24-14-13-21(3)28(18-24)22(4)30;/h7-8,11-14,16-18,20,29H,5-6,9-10,15,19H2,1-4H3;1H4. The molecule has 0 aliphatic rings. The highest BCUT2D eigenvalue weighted by Crippen LogP contribution is 2.27. The summed E-state index contributed by atoms with van der Waals surface area (Å²) in [6.45, 7) is 10.0. The Hall–Kier alpha value is -2.45. The summed E-state index contributed by atoms with van der Waals surface area (Å²) < 4.78 is 0. The fourth-order valence-corrected chi connectivity index (χ4v) is 4.17. The van der Waals surface area contributed by atoms with Crippen LogP contribution in [0.3, 0.4) is 0 Å². The second-order valence-corrected chi connectivity index (χ2v) is 8.75. The van der Waals surface area contributed by atoms with Gasteiger partial charge in [-0.15, -0.1) is 0 Å². The molecule has 1 N–H and O–H groups in total. The molecular weight excluding hydrogens is 378 g/mol. The van der Waals surface area contributed by atoms with Crippen LogP contribution in [0.2, 0.25) is 0 Å². The summed E-state index contributed by atoms with van der Waals surface area (Å²) in [5.41, 5.74) is 6.00. The van der Waals surface area contributed by atoms with E-state index in [-0.39, 0.29) is 13.2 Å². The fourth-order valence-electron chi connectivity index (χ4n) is 4.17. The van der Waals surface area contributed by atoms with Gasteiger partial charge >= 0.3 is 0 Å². The van der Waals surface area contributed by atoms with Gasteiger partial charge in [-0.05, 0) is 84.7 Å². The van der Waals surface area contributed by atoms with E-state index < -0.39 is 0 Å². The Bertz CT molecular complexity index is 1000. The number of aryl methyl sites for hydroxylation is 2. The second kappa shape index (κ2) is 11.8. The summed E-state index contributed by atoms with van der Waals surface area (Å²) in [4.78, 5) is 11.7. The highest BCUT2D eigenvalue weighted by atomic mass is 16.1. The van der Waals surface area contributed by atoms with E-state index in [4.69, 9.17) is 0 Å². The summed E-state index contributed by atoms with van der Waals surface area (Å²) in [5, 5.41) is 6.28. The zero-order valence-corrected chi connectivity index (χ0v) is 18.9. The number of rotatable bonds is 10. The molecule has 0 unspecified atom stereocenters. The highest BCUT2D eigenvalue weighted by molar-refractivity contribution is 5.95. The maximum atomic E-state index is 11.7. The molecular formula is C29H39NO. The molecule has 2 heteroatoms. The number of hydrogen-bond donors (Lipinski definition) is 1. The molecule has 0 amide bonds. The van der Waals surface area contributed by atoms with Crippen molar-refractivity contribution in [3.8, 4) is 0 Å². The summed E-state index contributed by atoms with van der Waals surface area (Å²) in [6.07, 6.45) is 4.76. The Balaban J connectivity index is 0.00000341. The average molecular weight is 418 g/mol. The van der Waals surface area contributed by atoms with E-state index in [0.29, 0.717) is 5.92 Å². The highest BCUT2D eigenvalue weighted by Gasteiger charge is 2.08. The molecule has 3 aromatic carbocycles. The van der Waals surface area contributed by atoms with Crippen LogP contribution in [0.25, 0.3) is 10.8 Å². The van der Waals surface area contributed by atoms with Crippen molar-refractivity contribution >= 4 is 16.6 Å². The third-order valence-electron chi connectivity index (χ3n) is 5.91. The maximum absolute atomic E-state index is 11.7. The van der Waals surface area contributed by atoms with Gasteiger partial charge in [0.1, 0.15) is 0 Å². The van der Waals surface area contributed by atoms with Crippen LogP contribution in [0.5, 0.6) is 0 Å². The Morgan fingerprint density at radius 3 is 2.45 bits per heavy atom. The third kappa shape index (κ3) is 6.77. The van der Waals surface area contributed by atoms with Gasteiger partial charge in [-0.25, -0.2) is 0 Å². The molecule has 0 radical (unpaired) electrons. The first-order chi connectivity index (χ1) is 14.5. The van der Waals surface area contributed by atoms with Gasteiger partial charge in [0.15, 0.2) is 5.78 Å². The van der Waals surface area contributed by atoms with Crippen LogP contribution in [0.1, 0.15) is 86.0 Å². The van der Waals surface area contributed by atoms with Gasteiger partial charge < -0.3 is 5.32 Å². The number of fused-ring (bicyclic) bond motifs is 1. The minimum atomic E-state index is 0. The molecule has 0 aliphatic heterocycles. The summed E-state index contributed by atoms with van der Waals surface area (Å²) >= 11 is 0. The summed E-state index contributed by atoms with van der Waals surface area (Å²) in [6, 6.07) is 19.7. The van der Waals surface area contributed by atoms with Gasteiger partial charge in [-0.1, -0.05) is 76.2 Å². The van der Waals surface area contributed by atoms with Crippen molar-refractivity contribution in [2.75, 3.05) is 6.54 Å². The minimum Gasteiger partial charge on any atom is -0.313 e. The lowest BCUT2D eigenvalue weighted by atomic mass is 9.92. The number of hydrogen-bond acceptors (Lipinski definition) is 2. The molecule has 0 bridgehead atoms. The van der Waals surface area contributed by atoms with E-state index in [9.17, 15) is 4.79 Å². The molecule has 3 aromatic rings. The zero-order valence-electron chi connectivity index (χ0n) is 18.9. The SMILES string of the molecule is C.CC(=O)c1cc(CNCCCCCc2cc(C(C)C)c3ccccc3c2)ccc1C. The number of Topliss-reactive ketones (excluding diaryl/α,β-unsaturated/α-hetero) is 1. The van der Waals surface area contributed by atoms with Gasteiger partial charge in [0.05, 0.1) is 0 Å². The molecule has 0 aliphatic carbocycles. The lowest BCUT2D eigenvalue weighted by Crippen LogP contribution is -2.15. The van der Waals surface area contributed by atoms with Gasteiger partial charge in [0.25, 0.3) is 0 Å². The van der Waals surface area contributed by atoms with Crippen molar-refractivity contribution in [3.05, 3.63) is 82.4 Å². The molecule has 166 valence electrons. The lowest BCUT2D eigenvalue weighted by molar-refractivity contribution is 0.101. The van der Waals surface area contributed by atoms with Crippen LogP contribution in [-0.2, 0) is 13.0 Å². The minimum absolute atomic E-state index is 0. The van der Waals surface area contributed by atoms with Crippen molar-refractivity contribution in [2.45, 2.75) is 73.3 Å². The van der Waals surface area contributed by atoms with E-state index in [0.717, 1.165) is 30.6 Å². The Morgan fingerprint density at radius 1 is 0.935 bits per heavy atom. The predicted octanol–water partition coefficient (Wildman–Crippen LogP) is 7.61. The molecule has 31 heavy (non-hydrogen) atoms. The number of benzene rings is 3. The largest absolute Gasteiger partial charge is 0.313 e. The fraction of sp³-hybridized carbons (Fsp3) is 0.414. The van der Waals surface area contributed by atoms with Crippen LogP contribution >= 0.6 is 0 Å². The first-order valence-electron chi connectivity index (χ1n) is 11.3. The molecule has 0 aromatic heterocycles. The first kappa shape index (κ1) is 24.8. The Kier molecular flexibility index (Phi) is 9.45. The molecule has 0 saturated heterocycles. The van der Waals surface area contributed by atoms with Crippen molar-refractivity contribution in [2.24, 2.45) is 0 Å². The van der Waals surface area contributed by atoms with E-state index in [2.05, 4.69) is 61.6 Å². The van der Waals surface area contributed by atoms with Gasteiger partial charge in [0, 0.05) is 12.1 Å². The monoisotopic (exact) mass is 417 g/mol. The number of carbonyl (C=O) groups is 1. The molecule has 0 atom stereocenters. The molecule has 2 nitrogen and oxygen atoms in total. The van der Waals surface area contributed by atoms with Gasteiger partial charge in [-0.2, -0.15) is 0 Å². The van der Waals surface area contributed by atoms with Gasteiger partial charge in [-0.3, -0.25) is 4.79 Å². The number of unbranched alkanes of at least 4 members (excludes halogenated alkanes) is 2. The topological polar surface area (TPSA) is 29.1 Å². The van der Waals surface area contributed by atoms with Gasteiger partial charge in [0.2, 0.25) is 0 Å².